The van der Waals surface area contributed by atoms with E-state index in [0.29, 0.717) is 18.2 Å². The van der Waals surface area contributed by atoms with Crippen molar-refractivity contribution in [1.29, 1.82) is 0 Å². The monoisotopic (exact) mass is 284 g/mol. The minimum absolute atomic E-state index is 0.151. The van der Waals surface area contributed by atoms with Gasteiger partial charge < -0.3 is 10.3 Å². The third-order valence-corrected chi connectivity index (χ3v) is 3.55. The Balaban J connectivity index is 2.16. The lowest BCUT2D eigenvalue weighted by molar-refractivity contribution is 0.0946. The Morgan fingerprint density at radius 2 is 1.90 bits per heavy atom. The van der Waals surface area contributed by atoms with Crippen molar-refractivity contribution in [3.8, 4) is 11.3 Å². The van der Waals surface area contributed by atoms with Crippen LogP contribution in [0, 0.1) is 5.92 Å². The number of benzene rings is 1. The van der Waals surface area contributed by atoms with E-state index in [-0.39, 0.29) is 17.0 Å². The number of pyridine rings is 1. The molecule has 1 aromatic carbocycles. The molecule has 4 heteroatoms. The molecule has 0 aliphatic rings. The van der Waals surface area contributed by atoms with Crippen molar-refractivity contribution in [2.75, 3.05) is 6.54 Å². The zero-order valence-electron chi connectivity index (χ0n) is 12.3. The van der Waals surface area contributed by atoms with Crippen LogP contribution in [0.4, 0.5) is 0 Å². The molecule has 1 aromatic heterocycles. The highest BCUT2D eigenvalue weighted by molar-refractivity contribution is 5.94. The van der Waals surface area contributed by atoms with Gasteiger partial charge in [0.15, 0.2) is 0 Å². The fourth-order valence-corrected chi connectivity index (χ4v) is 1.95. The molecule has 0 spiro atoms. The molecule has 1 heterocycles. The van der Waals surface area contributed by atoms with Gasteiger partial charge in [-0.15, -0.1) is 0 Å². The number of aromatic nitrogens is 1. The van der Waals surface area contributed by atoms with Crippen LogP contribution in [0.3, 0.4) is 0 Å². The molecule has 110 valence electrons. The second-order valence-corrected chi connectivity index (χ2v) is 5.20. The van der Waals surface area contributed by atoms with Crippen LogP contribution in [0.25, 0.3) is 11.3 Å². The van der Waals surface area contributed by atoms with Crippen LogP contribution in [0.15, 0.2) is 47.3 Å². The molecule has 2 aromatic rings. The van der Waals surface area contributed by atoms with E-state index < -0.39 is 0 Å². The van der Waals surface area contributed by atoms with E-state index in [1.807, 2.05) is 30.3 Å². The van der Waals surface area contributed by atoms with Crippen LogP contribution in [0.2, 0.25) is 0 Å². The predicted molar refractivity (Wildman–Crippen MR) is 84.3 cm³/mol. The minimum atomic E-state index is -0.363. The van der Waals surface area contributed by atoms with Crippen LogP contribution in [-0.4, -0.2) is 17.4 Å². The molecule has 0 unspecified atom stereocenters. The van der Waals surface area contributed by atoms with Crippen LogP contribution >= 0.6 is 0 Å². The lowest BCUT2D eigenvalue weighted by atomic mass is 10.1. The predicted octanol–water partition coefficient (Wildman–Crippen LogP) is 2.82. The summed E-state index contributed by atoms with van der Waals surface area (Å²) in [4.78, 5) is 26.8. The Labute approximate surface area is 124 Å². The van der Waals surface area contributed by atoms with E-state index in [4.69, 9.17) is 0 Å². The summed E-state index contributed by atoms with van der Waals surface area (Å²) in [7, 11) is 0. The summed E-state index contributed by atoms with van der Waals surface area (Å²) in [6.45, 7) is 4.70. The first-order valence-electron chi connectivity index (χ1n) is 7.18. The van der Waals surface area contributed by atoms with Crippen molar-refractivity contribution in [2.45, 2.75) is 20.3 Å². The average molecular weight is 284 g/mol. The number of carbonyl (C=O) groups is 1. The summed E-state index contributed by atoms with van der Waals surface area (Å²) >= 11 is 0. The highest BCUT2D eigenvalue weighted by atomic mass is 16.2. The standard InChI is InChI=1S/C17H20N2O2/c1-3-12(2)11-18-16(20)14-9-10-15(19-17(14)21)13-7-5-4-6-8-13/h4-10,12H,3,11H2,1-2H3,(H,18,20)(H,19,21)/t12-/m0/s1. The van der Waals surface area contributed by atoms with Crippen molar-refractivity contribution in [1.82, 2.24) is 10.3 Å². The van der Waals surface area contributed by atoms with Crippen molar-refractivity contribution in [2.24, 2.45) is 5.92 Å². The van der Waals surface area contributed by atoms with Gasteiger partial charge in [-0.3, -0.25) is 9.59 Å². The summed E-state index contributed by atoms with van der Waals surface area (Å²) in [5, 5.41) is 2.79. The highest BCUT2D eigenvalue weighted by Crippen LogP contribution is 2.14. The van der Waals surface area contributed by atoms with E-state index in [9.17, 15) is 9.59 Å². The zero-order chi connectivity index (χ0) is 15.2. The summed E-state index contributed by atoms with van der Waals surface area (Å²) in [5.41, 5.74) is 1.41. The van der Waals surface area contributed by atoms with Crippen LogP contribution in [0.1, 0.15) is 30.6 Å². The second-order valence-electron chi connectivity index (χ2n) is 5.20. The largest absolute Gasteiger partial charge is 0.352 e. The van der Waals surface area contributed by atoms with Gasteiger partial charge in [-0.05, 0) is 23.6 Å². The molecular formula is C17H20N2O2. The molecule has 4 nitrogen and oxygen atoms in total. The summed E-state index contributed by atoms with van der Waals surface area (Å²) in [6, 6.07) is 12.9. The fraction of sp³-hybridized carbons (Fsp3) is 0.294. The molecule has 0 fully saturated rings. The molecule has 0 aliphatic carbocycles. The molecule has 2 N–H and O–H groups in total. The Morgan fingerprint density at radius 3 is 2.52 bits per heavy atom. The molecule has 1 amide bonds. The molecule has 0 aliphatic heterocycles. The number of amides is 1. The van der Waals surface area contributed by atoms with E-state index in [1.54, 1.807) is 12.1 Å². The van der Waals surface area contributed by atoms with Crippen LogP contribution in [-0.2, 0) is 0 Å². The summed E-state index contributed by atoms with van der Waals surface area (Å²) < 4.78 is 0. The van der Waals surface area contributed by atoms with E-state index >= 15 is 0 Å². The number of rotatable bonds is 5. The van der Waals surface area contributed by atoms with Gasteiger partial charge in [-0.2, -0.15) is 0 Å². The first-order chi connectivity index (χ1) is 10.1. The first kappa shape index (κ1) is 15.0. The highest BCUT2D eigenvalue weighted by Gasteiger charge is 2.11. The molecule has 2 rings (SSSR count). The van der Waals surface area contributed by atoms with Gasteiger partial charge in [0.25, 0.3) is 11.5 Å². The summed E-state index contributed by atoms with van der Waals surface area (Å²) in [5.74, 6) is 0.0767. The number of aromatic amines is 1. The average Bonchev–Trinajstić information content (AvgIpc) is 2.53. The molecular weight excluding hydrogens is 264 g/mol. The maximum Gasteiger partial charge on any atom is 0.261 e. The molecule has 0 radical (unpaired) electrons. The van der Waals surface area contributed by atoms with Gasteiger partial charge in [0.05, 0.1) is 0 Å². The number of hydrogen-bond donors (Lipinski definition) is 2. The molecule has 0 bridgehead atoms. The molecule has 0 saturated carbocycles. The summed E-state index contributed by atoms with van der Waals surface area (Å²) in [6.07, 6.45) is 0.990. The molecule has 21 heavy (non-hydrogen) atoms. The number of H-pyrrole nitrogens is 1. The Kier molecular flexibility index (Phi) is 4.93. The van der Waals surface area contributed by atoms with Gasteiger partial charge in [0.1, 0.15) is 5.56 Å². The SMILES string of the molecule is CC[C@H](C)CNC(=O)c1ccc(-c2ccccc2)[nH]c1=O. The van der Waals surface area contributed by atoms with Gasteiger partial charge in [0, 0.05) is 12.2 Å². The smallest absolute Gasteiger partial charge is 0.261 e. The fourth-order valence-electron chi connectivity index (χ4n) is 1.95. The Morgan fingerprint density at radius 1 is 1.19 bits per heavy atom. The van der Waals surface area contributed by atoms with Crippen molar-refractivity contribution in [3.05, 3.63) is 58.4 Å². The third-order valence-electron chi connectivity index (χ3n) is 3.55. The van der Waals surface area contributed by atoms with Gasteiger partial charge in [-0.1, -0.05) is 50.6 Å². The Bertz CT molecular complexity index is 662. The zero-order valence-corrected chi connectivity index (χ0v) is 12.3. The van der Waals surface area contributed by atoms with Gasteiger partial charge >= 0.3 is 0 Å². The quantitative estimate of drug-likeness (QED) is 0.887. The second kappa shape index (κ2) is 6.88. The minimum Gasteiger partial charge on any atom is -0.352 e. The van der Waals surface area contributed by atoms with Crippen LogP contribution in [0.5, 0.6) is 0 Å². The van der Waals surface area contributed by atoms with Crippen molar-refractivity contribution >= 4 is 5.91 Å². The van der Waals surface area contributed by atoms with Crippen molar-refractivity contribution in [3.63, 3.8) is 0 Å². The topological polar surface area (TPSA) is 62.0 Å². The van der Waals surface area contributed by atoms with E-state index in [2.05, 4.69) is 24.1 Å². The van der Waals surface area contributed by atoms with E-state index in [1.165, 1.54) is 0 Å². The molecule has 0 saturated heterocycles. The van der Waals surface area contributed by atoms with Gasteiger partial charge in [0.2, 0.25) is 0 Å². The maximum atomic E-state index is 12.1. The van der Waals surface area contributed by atoms with E-state index in [0.717, 1.165) is 12.0 Å². The first-order valence-corrected chi connectivity index (χ1v) is 7.18. The lowest BCUT2D eigenvalue weighted by Crippen LogP contribution is -2.32. The van der Waals surface area contributed by atoms with Crippen molar-refractivity contribution < 1.29 is 4.79 Å². The maximum absolute atomic E-state index is 12.1. The lowest BCUT2D eigenvalue weighted by Gasteiger charge is -2.10. The Hall–Kier alpha value is -2.36. The van der Waals surface area contributed by atoms with Gasteiger partial charge in [-0.25, -0.2) is 0 Å². The number of nitrogens with one attached hydrogen (secondary N) is 2. The molecule has 1 atom stereocenters. The number of carbonyl (C=O) groups excluding carboxylic acids is 1. The normalized spacial score (nSPS) is 11.9. The number of hydrogen-bond acceptors (Lipinski definition) is 2. The third kappa shape index (κ3) is 3.81. The van der Waals surface area contributed by atoms with Crippen LogP contribution < -0.4 is 10.9 Å².